The molecule has 2 rings (SSSR count). The van der Waals surface area contributed by atoms with E-state index in [4.69, 9.17) is 4.74 Å². The minimum absolute atomic E-state index is 0. The van der Waals surface area contributed by atoms with Crippen molar-refractivity contribution in [1.82, 2.24) is 4.90 Å². The minimum atomic E-state index is -0.248. The van der Waals surface area contributed by atoms with Crippen LogP contribution in [-0.4, -0.2) is 37.8 Å². The van der Waals surface area contributed by atoms with Gasteiger partial charge in [0.25, 0.3) is 0 Å². The molecule has 0 bridgehead atoms. The summed E-state index contributed by atoms with van der Waals surface area (Å²) in [7, 11) is 5.77. The fraction of sp³-hybridized carbons (Fsp3) is 0.571. The van der Waals surface area contributed by atoms with Gasteiger partial charge < -0.3 is 9.84 Å². The highest BCUT2D eigenvalue weighted by molar-refractivity contribution is 5.85. The lowest BCUT2D eigenvalue weighted by Gasteiger charge is -2.43. The summed E-state index contributed by atoms with van der Waals surface area (Å²) in [6, 6.07) is 6.13. The van der Waals surface area contributed by atoms with Crippen LogP contribution in [0.25, 0.3) is 0 Å². The Morgan fingerprint density at radius 2 is 2.11 bits per heavy atom. The molecular formula is C14H22ClNO2. The monoisotopic (exact) mass is 271 g/mol. The van der Waals surface area contributed by atoms with Crippen molar-refractivity contribution in [1.29, 1.82) is 0 Å². The third-order valence-electron chi connectivity index (χ3n) is 3.99. The van der Waals surface area contributed by atoms with Crippen LogP contribution in [0.4, 0.5) is 0 Å². The molecule has 102 valence electrons. The van der Waals surface area contributed by atoms with Crippen LogP contribution < -0.4 is 4.74 Å². The average Bonchev–Trinajstić information content (AvgIpc) is 2.36. The molecule has 0 radical (unpaired) electrons. The van der Waals surface area contributed by atoms with E-state index in [0.717, 1.165) is 25.0 Å². The van der Waals surface area contributed by atoms with Crippen LogP contribution in [0.5, 0.6) is 5.75 Å². The summed E-state index contributed by atoms with van der Waals surface area (Å²) < 4.78 is 5.43. The molecule has 4 heteroatoms. The van der Waals surface area contributed by atoms with E-state index >= 15 is 0 Å². The van der Waals surface area contributed by atoms with Gasteiger partial charge in [-0.3, -0.25) is 4.90 Å². The zero-order valence-electron chi connectivity index (χ0n) is 11.3. The second kappa shape index (κ2) is 5.91. The number of aliphatic hydroxyl groups excluding tert-OH is 1. The second-order valence-electron chi connectivity index (χ2n) is 4.92. The first kappa shape index (κ1) is 15.3. The van der Waals surface area contributed by atoms with Crippen LogP contribution in [0.15, 0.2) is 18.2 Å². The second-order valence-corrected chi connectivity index (χ2v) is 4.92. The van der Waals surface area contributed by atoms with E-state index < -0.39 is 0 Å². The van der Waals surface area contributed by atoms with Gasteiger partial charge in [-0.2, -0.15) is 0 Å². The molecule has 0 spiro atoms. The SMILES string of the molecule is COc1cccc2c1CCCC2(CO)N(C)C.Cl. The van der Waals surface area contributed by atoms with Crippen LogP contribution in [0.1, 0.15) is 24.0 Å². The predicted molar refractivity (Wildman–Crippen MR) is 75.6 cm³/mol. The highest BCUT2D eigenvalue weighted by Gasteiger charge is 2.38. The van der Waals surface area contributed by atoms with Gasteiger partial charge in [0.2, 0.25) is 0 Å². The molecule has 3 nitrogen and oxygen atoms in total. The number of aliphatic hydroxyl groups is 1. The molecule has 18 heavy (non-hydrogen) atoms. The molecule has 0 heterocycles. The molecule has 0 aromatic heterocycles. The van der Waals surface area contributed by atoms with Gasteiger partial charge in [0, 0.05) is 0 Å². The van der Waals surface area contributed by atoms with E-state index in [1.807, 2.05) is 26.2 Å². The van der Waals surface area contributed by atoms with Crippen molar-refractivity contribution >= 4 is 12.4 Å². The maximum atomic E-state index is 9.84. The van der Waals surface area contributed by atoms with E-state index in [-0.39, 0.29) is 24.6 Å². The number of nitrogens with zero attached hydrogens (tertiary/aromatic N) is 1. The Morgan fingerprint density at radius 3 is 2.67 bits per heavy atom. The number of methoxy groups -OCH3 is 1. The van der Waals surface area contributed by atoms with Crippen molar-refractivity contribution in [3.05, 3.63) is 29.3 Å². The van der Waals surface area contributed by atoms with Crippen LogP contribution in [0.3, 0.4) is 0 Å². The zero-order valence-corrected chi connectivity index (χ0v) is 12.1. The molecular weight excluding hydrogens is 250 g/mol. The summed E-state index contributed by atoms with van der Waals surface area (Å²) in [4.78, 5) is 2.13. The van der Waals surface area contributed by atoms with Gasteiger partial charge in [0.1, 0.15) is 5.75 Å². The molecule has 1 N–H and O–H groups in total. The number of hydrogen-bond acceptors (Lipinski definition) is 3. The summed E-state index contributed by atoms with van der Waals surface area (Å²) in [6.45, 7) is 0.153. The number of ether oxygens (including phenoxy) is 1. The first-order valence-corrected chi connectivity index (χ1v) is 6.10. The highest BCUT2D eigenvalue weighted by atomic mass is 35.5. The highest BCUT2D eigenvalue weighted by Crippen LogP contribution is 2.41. The van der Waals surface area contributed by atoms with Crippen molar-refractivity contribution in [2.24, 2.45) is 0 Å². The van der Waals surface area contributed by atoms with E-state index in [0.29, 0.717) is 0 Å². The smallest absolute Gasteiger partial charge is 0.122 e. The van der Waals surface area contributed by atoms with Crippen molar-refractivity contribution in [2.75, 3.05) is 27.8 Å². The number of fused-ring (bicyclic) bond motifs is 1. The molecule has 1 aliphatic carbocycles. The number of benzene rings is 1. The maximum absolute atomic E-state index is 9.84. The lowest BCUT2D eigenvalue weighted by Crippen LogP contribution is -2.47. The van der Waals surface area contributed by atoms with Gasteiger partial charge in [-0.1, -0.05) is 12.1 Å². The lowest BCUT2D eigenvalue weighted by atomic mass is 9.76. The largest absolute Gasteiger partial charge is 0.496 e. The lowest BCUT2D eigenvalue weighted by molar-refractivity contribution is 0.0497. The Hall–Kier alpha value is -0.770. The summed E-state index contributed by atoms with van der Waals surface area (Å²) in [5.41, 5.74) is 2.22. The van der Waals surface area contributed by atoms with E-state index in [1.54, 1.807) is 7.11 Å². The predicted octanol–water partition coefficient (Wildman–Crippen LogP) is 2.20. The summed E-state index contributed by atoms with van der Waals surface area (Å²) >= 11 is 0. The summed E-state index contributed by atoms with van der Waals surface area (Å²) in [6.07, 6.45) is 3.12. The van der Waals surface area contributed by atoms with Crippen LogP contribution in [0, 0.1) is 0 Å². The van der Waals surface area contributed by atoms with Crippen molar-refractivity contribution in [2.45, 2.75) is 24.8 Å². The van der Waals surface area contributed by atoms with Crippen LogP contribution >= 0.6 is 12.4 Å². The number of hydrogen-bond donors (Lipinski definition) is 1. The molecule has 0 fully saturated rings. The van der Waals surface area contributed by atoms with Gasteiger partial charge in [0.05, 0.1) is 19.3 Å². The number of likely N-dealkylation sites (N-methyl/N-ethyl adjacent to an activating group) is 1. The molecule has 1 unspecified atom stereocenters. The number of rotatable bonds is 3. The topological polar surface area (TPSA) is 32.7 Å². The zero-order chi connectivity index (χ0) is 12.5. The Bertz CT molecular complexity index is 409. The van der Waals surface area contributed by atoms with E-state index in [2.05, 4.69) is 11.0 Å². The Balaban J connectivity index is 0.00000162. The van der Waals surface area contributed by atoms with Gasteiger partial charge in [-0.25, -0.2) is 0 Å². The van der Waals surface area contributed by atoms with E-state index in [9.17, 15) is 5.11 Å². The molecule has 1 aromatic rings. The summed E-state index contributed by atoms with van der Waals surface area (Å²) in [5.74, 6) is 0.946. The molecule has 0 aliphatic heterocycles. The molecule has 0 saturated heterocycles. The number of halogens is 1. The normalized spacial score (nSPS) is 22.3. The minimum Gasteiger partial charge on any atom is -0.496 e. The quantitative estimate of drug-likeness (QED) is 0.915. The Morgan fingerprint density at radius 1 is 1.39 bits per heavy atom. The molecule has 0 saturated carbocycles. The first-order chi connectivity index (χ1) is 8.15. The molecule has 1 aliphatic rings. The first-order valence-electron chi connectivity index (χ1n) is 6.10. The van der Waals surface area contributed by atoms with Gasteiger partial charge >= 0.3 is 0 Å². The van der Waals surface area contributed by atoms with Crippen molar-refractivity contribution < 1.29 is 9.84 Å². The van der Waals surface area contributed by atoms with Gasteiger partial charge in [-0.05, 0) is 50.6 Å². The Labute approximate surface area is 115 Å². The van der Waals surface area contributed by atoms with Crippen LogP contribution in [-0.2, 0) is 12.0 Å². The van der Waals surface area contributed by atoms with Gasteiger partial charge in [-0.15, -0.1) is 12.4 Å². The van der Waals surface area contributed by atoms with Crippen LogP contribution in [0.2, 0.25) is 0 Å². The fourth-order valence-electron chi connectivity index (χ4n) is 2.91. The molecule has 1 aromatic carbocycles. The maximum Gasteiger partial charge on any atom is 0.122 e. The van der Waals surface area contributed by atoms with E-state index in [1.165, 1.54) is 11.1 Å². The van der Waals surface area contributed by atoms with Crippen molar-refractivity contribution in [3.63, 3.8) is 0 Å². The third kappa shape index (κ3) is 2.22. The molecule has 1 atom stereocenters. The third-order valence-corrected chi connectivity index (χ3v) is 3.99. The summed E-state index contributed by atoms with van der Waals surface area (Å²) in [5, 5.41) is 9.84. The fourth-order valence-corrected chi connectivity index (χ4v) is 2.91. The van der Waals surface area contributed by atoms with Gasteiger partial charge in [0.15, 0.2) is 0 Å². The average molecular weight is 272 g/mol. The molecule has 0 amide bonds. The van der Waals surface area contributed by atoms with Crippen molar-refractivity contribution in [3.8, 4) is 5.75 Å². The Kier molecular flexibility index (Phi) is 5.02. The standard InChI is InChI=1S/C14H21NO2.ClH/c1-15(2)14(10-16)9-5-6-11-12(14)7-4-8-13(11)17-3;/h4,7-8,16H,5-6,9-10H2,1-3H3;1H.